The third-order valence-electron chi connectivity index (χ3n) is 8.75. The highest BCUT2D eigenvalue weighted by Crippen LogP contribution is 2.61. The van der Waals surface area contributed by atoms with Crippen LogP contribution in [-0.4, -0.2) is 15.0 Å². The van der Waals surface area contributed by atoms with Gasteiger partial charge in [-0.15, -0.1) is 0 Å². The van der Waals surface area contributed by atoms with Gasteiger partial charge in [0.2, 0.25) is 5.95 Å². The van der Waals surface area contributed by atoms with Crippen LogP contribution in [0.25, 0.3) is 33.9 Å². The summed E-state index contributed by atoms with van der Waals surface area (Å²) in [6, 6.07) is 55.4. The van der Waals surface area contributed by atoms with Crippen molar-refractivity contribution < 1.29 is 0 Å². The standard InChI is InChI=1S/C40H26N4S/c1-3-15-27(16-4-1)37-41-38(28-17-5-2-6-18-28)43-39(42-37)44-34-24-12-14-26-36(34)45-35-25-13-11-23-33(35)40(44)31-21-9-7-19-29(31)30-20-8-10-22-32(30)40/h1-26H. The van der Waals surface area contributed by atoms with Crippen LogP contribution in [-0.2, 0) is 5.54 Å². The predicted molar refractivity (Wildman–Crippen MR) is 182 cm³/mol. The van der Waals surface area contributed by atoms with Gasteiger partial charge in [0, 0.05) is 26.5 Å². The third kappa shape index (κ3) is 3.91. The molecular formula is C40H26N4S. The van der Waals surface area contributed by atoms with E-state index in [1.54, 1.807) is 11.8 Å². The third-order valence-corrected chi connectivity index (χ3v) is 9.89. The van der Waals surface area contributed by atoms with Gasteiger partial charge in [0.15, 0.2) is 11.6 Å². The summed E-state index contributed by atoms with van der Waals surface area (Å²) >= 11 is 1.80. The van der Waals surface area contributed by atoms with Gasteiger partial charge in [-0.1, -0.05) is 151 Å². The highest BCUT2D eigenvalue weighted by Gasteiger charge is 2.53. The van der Waals surface area contributed by atoms with Crippen molar-refractivity contribution in [2.24, 2.45) is 0 Å². The molecule has 1 aromatic heterocycles. The van der Waals surface area contributed by atoms with Gasteiger partial charge in [-0.3, -0.25) is 4.90 Å². The molecule has 4 nitrogen and oxygen atoms in total. The molecule has 1 spiro atoms. The maximum atomic E-state index is 5.33. The lowest BCUT2D eigenvalue weighted by Gasteiger charge is -2.43. The van der Waals surface area contributed by atoms with Gasteiger partial charge in [-0.2, -0.15) is 9.97 Å². The lowest BCUT2D eigenvalue weighted by Crippen LogP contribution is -2.45. The summed E-state index contributed by atoms with van der Waals surface area (Å²) in [5.74, 6) is 1.87. The minimum absolute atomic E-state index is 0.596. The average Bonchev–Trinajstić information content (AvgIpc) is 3.32. The molecule has 45 heavy (non-hydrogen) atoms. The molecular weight excluding hydrogens is 569 g/mol. The topological polar surface area (TPSA) is 41.9 Å². The van der Waals surface area contributed by atoms with Crippen LogP contribution in [0.5, 0.6) is 0 Å². The summed E-state index contributed by atoms with van der Waals surface area (Å²) in [5, 5.41) is 0. The van der Waals surface area contributed by atoms with Crippen molar-refractivity contribution in [3.8, 4) is 33.9 Å². The van der Waals surface area contributed by atoms with Crippen molar-refractivity contribution >= 4 is 23.4 Å². The Morgan fingerprint density at radius 3 is 1.49 bits per heavy atom. The molecule has 1 aliphatic carbocycles. The first-order valence-corrected chi connectivity index (χ1v) is 15.9. The maximum Gasteiger partial charge on any atom is 0.235 e. The van der Waals surface area contributed by atoms with Gasteiger partial charge >= 0.3 is 0 Å². The Hall–Kier alpha value is -5.52. The van der Waals surface area contributed by atoms with Crippen molar-refractivity contribution in [1.29, 1.82) is 0 Å². The van der Waals surface area contributed by atoms with Crippen LogP contribution in [0.15, 0.2) is 168 Å². The van der Waals surface area contributed by atoms with E-state index in [9.17, 15) is 0 Å². The molecule has 0 fully saturated rings. The fourth-order valence-corrected chi connectivity index (χ4v) is 8.02. The molecule has 6 aromatic carbocycles. The number of hydrogen-bond donors (Lipinski definition) is 0. The zero-order chi connectivity index (χ0) is 29.8. The smallest absolute Gasteiger partial charge is 0.235 e. The number of anilines is 2. The molecule has 0 amide bonds. The monoisotopic (exact) mass is 594 g/mol. The minimum Gasteiger partial charge on any atom is -0.291 e. The first-order valence-electron chi connectivity index (χ1n) is 15.1. The number of hydrogen-bond acceptors (Lipinski definition) is 5. The largest absolute Gasteiger partial charge is 0.291 e. The van der Waals surface area contributed by atoms with Crippen LogP contribution >= 0.6 is 11.8 Å². The maximum absolute atomic E-state index is 5.33. The number of nitrogens with zero attached hydrogens (tertiary/aromatic N) is 4. The van der Waals surface area contributed by atoms with Gasteiger partial charge in [-0.25, -0.2) is 4.98 Å². The van der Waals surface area contributed by atoms with Crippen LogP contribution in [0.1, 0.15) is 16.7 Å². The second-order valence-electron chi connectivity index (χ2n) is 11.2. The van der Waals surface area contributed by atoms with Gasteiger partial charge in [0.25, 0.3) is 0 Å². The molecule has 1 aliphatic heterocycles. The normalized spacial score (nSPS) is 13.8. The molecule has 0 saturated heterocycles. The molecule has 7 aromatic rings. The zero-order valence-corrected chi connectivity index (χ0v) is 25.0. The molecule has 0 N–H and O–H groups in total. The van der Waals surface area contributed by atoms with E-state index in [2.05, 4.69) is 126 Å². The Bertz CT molecular complexity index is 2110. The van der Waals surface area contributed by atoms with E-state index in [1.807, 2.05) is 36.4 Å². The van der Waals surface area contributed by atoms with E-state index >= 15 is 0 Å². The van der Waals surface area contributed by atoms with Crippen molar-refractivity contribution in [2.75, 3.05) is 4.90 Å². The Morgan fingerprint density at radius 2 is 0.889 bits per heavy atom. The fourth-order valence-electron chi connectivity index (χ4n) is 6.90. The number of rotatable bonds is 3. The Kier molecular flexibility index (Phi) is 5.93. The number of fused-ring (bicyclic) bond motifs is 8. The van der Waals surface area contributed by atoms with E-state index in [1.165, 1.54) is 32.7 Å². The van der Waals surface area contributed by atoms with E-state index in [4.69, 9.17) is 15.0 Å². The molecule has 0 saturated carbocycles. The van der Waals surface area contributed by atoms with E-state index in [0.717, 1.165) is 21.7 Å². The summed E-state index contributed by atoms with van der Waals surface area (Å²) in [5.41, 5.74) is 8.25. The Morgan fingerprint density at radius 1 is 0.422 bits per heavy atom. The van der Waals surface area contributed by atoms with Crippen molar-refractivity contribution in [2.45, 2.75) is 15.3 Å². The lowest BCUT2D eigenvalue weighted by molar-refractivity contribution is 0.616. The van der Waals surface area contributed by atoms with Crippen molar-refractivity contribution in [3.05, 3.63) is 174 Å². The van der Waals surface area contributed by atoms with Crippen molar-refractivity contribution in [1.82, 2.24) is 15.0 Å². The molecule has 2 heterocycles. The second kappa shape index (κ2) is 10.3. The molecule has 2 aliphatic rings. The molecule has 9 rings (SSSR count). The summed E-state index contributed by atoms with van der Waals surface area (Å²) in [6.45, 7) is 0. The zero-order valence-electron chi connectivity index (χ0n) is 24.2. The molecule has 5 heteroatoms. The lowest BCUT2D eigenvalue weighted by atomic mass is 9.78. The van der Waals surface area contributed by atoms with E-state index in [-0.39, 0.29) is 0 Å². The molecule has 0 radical (unpaired) electrons. The number of aromatic nitrogens is 3. The quantitative estimate of drug-likeness (QED) is 0.204. The average molecular weight is 595 g/mol. The highest BCUT2D eigenvalue weighted by molar-refractivity contribution is 7.99. The fraction of sp³-hybridized carbons (Fsp3) is 0.0250. The summed E-state index contributed by atoms with van der Waals surface area (Å²) in [7, 11) is 0. The number of para-hydroxylation sites is 1. The minimum atomic E-state index is -0.743. The first-order chi connectivity index (χ1) is 22.3. The van der Waals surface area contributed by atoms with Gasteiger partial charge in [0.1, 0.15) is 5.54 Å². The van der Waals surface area contributed by atoms with E-state index in [0.29, 0.717) is 17.6 Å². The summed E-state index contributed by atoms with van der Waals surface area (Å²) in [6.07, 6.45) is 0. The second-order valence-corrected chi connectivity index (χ2v) is 12.3. The van der Waals surface area contributed by atoms with Gasteiger partial charge in [-0.05, 0) is 40.5 Å². The van der Waals surface area contributed by atoms with Crippen LogP contribution in [0, 0.1) is 0 Å². The van der Waals surface area contributed by atoms with Crippen LogP contribution in [0.4, 0.5) is 11.6 Å². The molecule has 0 bridgehead atoms. The highest BCUT2D eigenvalue weighted by atomic mass is 32.2. The molecule has 0 atom stereocenters. The number of benzene rings is 6. The first kappa shape index (κ1) is 25.9. The Labute approximate surface area is 266 Å². The van der Waals surface area contributed by atoms with E-state index < -0.39 is 5.54 Å². The van der Waals surface area contributed by atoms with Crippen LogP contribution < -0.4 is 4.90 Å². The SMILES string of the molecule is c1ccc(-c2nc(-c3ccccc3)nc(N3c4ccccc4Sc4ccccc4C34c3ccccc3-c3ccccc34)n2)cc1. The van der Waals surface area contributed by atoms with Crippen LogP contribution in [0.3, 0.4) is 0 Å². The van der Waals surface area contributed by atoms with Gasteiger partial charge < -0.3 is 0 Å². The van der Waals surface area contributed by atoms with Crippen molar-refractivity contribution in [3.63, 3.8) is 0 Å². The Balaban J connectivity index is 1.45. The molecule has 212 valence electrons. The van der Waals surface area contributed by atoms with Crippen LogP contribution in [0.2, 0.25) is 0 Å². The summed E-state index contributed by atoms with van der Waals surface area (Å²) < 4.78 is 0. The summed E-state index contributed by atoms with van der Waals surface area (Å²) in [4.78, 5) is 20.4. The van der Waals surface area contributed by atoms with Gasteiger partial charge in [0.05, 0.1) is 5.69 Å². The predicted octanol–water partition coefficient (Wildman–Crippen LogP) is 9.78. The molecule has 0 unspecified atom stereocenters.